The number of nitrogens with one attached hydrogen (secondary N) is 4. The van der Waals surface area contributed by atoms with Crippen LogP contribution < -0.4 is 26.4 Å². The van der Waals surface area contributed by atoms with Crippen LogP contribution in [0.1, 0.15) is 24.8 Å². The van der Waals surface area contributed by atoms with E-state index >= 15 is 0 Å². The molecule has 1 atom stereocenters. The van der Waals surface area contributed by atoms with E-state index in [9.17, 15) is 9.59 Å². The molecular formula is C28H31N5O3. The van der Waals surface area contributed by atoms with Crippen LogP contribution in [0.5, 0.6) is 5.75 Å². The zero-order valence-corrected chi connectivity index (χ0v) is 20.0. The maximum absolute atomic E-state index is 13.1. The largest absolute Gasteiger partial charge is 0.489 e. The summed E-state index contributed by atoms with van der Waals surface area (Å²) in [4.78, 5) is 28.9. The number of benzene rings is 3. The number of aromatic amines is 1. The Balaban J connectivity index is 1.34. The van der Waals surface area contributed by atoms with Crippen molar-refractivity contribution in [2.75, 3.05) is 17.2 Å². The topological polar surface area (TPSA) is 121 Å². The fourth-order valence-corrected chi connectivity index (χ4v) is 3.87. The predicted molar refractivity (Wildman–Crippen MR) is 143 cm³/mol. The number of rotatable bonds is 11. The summed E-state index contributed by atoms with van der Waals surface area (Å²) in [5.41, 5.74) is 8.79. The number of hydrogen-bond acceptors (Lipinski definition) is 4. The van der Waals surface area contributed by atoms with Crippen molar-refractivity contribution >= 4 is 34.2 Å². The molecule has 1 heterocycles. The minimum Gasteiger partial charge on any atom is -0.489 e. The lowest BCUT2D eigenvalue weighted by molar-refractivity contribution is -0.118. The van der Waals surface area contributed by atoms with Crippen molar-refractivity contribution in [2.45, 2.75) is 31.9 Å². The van der Waals surface area contributed by atoms with Gasteiger partial charge in [0.15, 0.2) is 0 Å². The van der Waals surface area contributed by atoms with E-state index in [0.717, 1.165) is 29.3 Å². The molecule has 0 fully saturated rings. The number of carbonyl (C=O) groups is 2. The van der Waals surface area contributed by atoms with Gasteiger partial charge in [-0.05, 0) is 67.8 Å². The first-order chi connectivity index (χ1) is 17.6. The van der Waals surface area contributed by atoms with Crippen LogP contribution >= 0.6 is 0 Å². The van der Waals surface area contributed by atoms with Gasteiger partial charge in [0, 0.05) is 17.3 Å². The normalized spacial score (nSPS) is 11.6. The smallest absolute Gasteiger partial charge is 0.319 e. The molecule has 186 valence electrons. The number of H-pyrrole nitrogens is 1. The minimum atomic E-state index is -0.713. The summed E-state index contributed by atoms with van der Waals surface area (Å²) in [5, 5.41) is 9.53. The third-order valence-electron chi connectivity index (χ3n) is 5.77. The molecule has 0 aliphatic heterocycles. The average molecular weight is 486 g/mol. The van der Waals surface area contributed by atoms with Crippen LogP contribution in [0.3, 0.4) is 0 Å². The first kappa shape index (κ1) is 24.8. The Kier molecular flexibility index (Phi) is 8.56. The molecule has 36 heavy (non-hydrogen) atoms. The Hall–Kier alpha value is -4.30. The third kappa shape index (κ3) is 6.86. The standard InChI is InChI=1S/C28H31N5O3/c29-17-5-4-10-25(27(34)32-24-11-6-9-21-16-18-30-26(21)24)33-28(35)31-22-12-14-23(15-13-22)36-19-20-7-2-1-3-8-20/h1-3,6-9,11-16,18,25,30H,4-5,10,17,19,29H2,(H,32,34)(H2,31,33,35)/t25-/m0/s1. The molecule has 3 amide bonds. The molecule has 8 nitrogen and oxygen atoms in total. The average Bonchev–Trinajstić information content (AvgIpc) is 3.38. The van der Waals surface area contributed by atoms with Gasteiger partial charge in [-0.2, -0.15) is 0 Å². The van der Waals surface area contributed by atoms with Crippen molar-refractivity contribution in [3.05, 3.63) is 90.6 Å². The second-order valence-electron chi connectivity index (χ2n) is 8.47. The summed E-state index contributed by atoms with van der Waals surface area (Å²) in [5.74, 6) is 0.413. The number of amides is 3. The van der Waals surface area contributed by atoms with Crippen molar-refractivity contribution in [1.82, 2.24) is 10.3 Å². The number of nitrogens with two attached hydrogens (primary N) is 1. The van der Waals surface area contributed by atoms with Gasteiger partial charge in [-0.15, -0.1) is 0 Å². The van der Waals surface area contributed by atoms with Gasteiger partial charge < -0.3 is 31.4 Å². The number of unbranched alkanes of at least 4 members (excludes halogenated alkanes) is 1. The van der Waals surface area contributed by atoms with Gasteiger partial charge in [0.1, 0.15) is 18.4 Å². The fourth-order valence-electron chi connectivity index (χ4n) is 3.87. The molecule has 1 aromatic heterocycles. The highest BCUT2D eigenvalue weighted by Crippen LogP contribution is 2.22. The van der Waals surface area contributed by atoms with Crippen LogP contribution in [0.2, 0.25) is 0 Å². The van der Waals surface area contributed by atoms with E-state index in [1.54, 1.807) is 24.3 Å². The molecule has 0 radical (unpaired) electrons. The zero-order chi connectivity index (χ0) is 25.2. The van der Waals surface area contributed by atoms with Gasteiger partial charge in [-0.1, -0.05) is 42.5 Å². The van der Waals surface area contributed by atoms with Gasteiger partial charge in [-0.3, -0.25) is 4.79 Å². The Labute approximate surface area is 210 Å². The molecule has 6 N–H and O–H groups in total. The first-order valence-electron chi connectivity index (χ1n) is 12.0. The molecule has 0 saturated carbocycles. The summed E-state index contributed by atoms with van der Waals surface area (Å²) < 4.78 is 5.79. The Morgan fingerprint density at radius 1 is 0.889 bits per heavy atom. The SMILES string of the molecule is NCCCC[C@H](NC(=O)Nc1ccc(OCc2ccccc2)cc1)C(=O)Nc1cccc2cc[nH]c12. The van der Waals surface area contributed by atoms with E-state index in [1.165, 1.54) is 0 Å². The number of ether oxygens (including phenoxy) is 1. The highest BCUT2D eigenvalue weighted by atomic mass is 16.5. The van der Waals surface area contributed by atoms with Crippen LogP contribution in [0.25, 0.3) is 10.9 Å². The molecule has 0 unspecified atom stereocenters. The summed E-state index contributed by atoms with van der Waals surface area (Å²) in [6.07, 6.45) is 3.78. The maximum atomic E-state index is 13.1. The molecule has 0 saturated heterocycles. The van der Waals surface area contributed by atoms with Gasteiger partial charge in [0.25, 0.3) is 0 Å². The lowest BCUT2D eigenvalue weighted by atomic mass is 10.1. The number of hydrogen-bond donors (Lipinski definition) is 5. The zero-order valence-electron chi connectivity index (χ0n) is 20.0. The van der Waals surface area contributed by atoms with Gasteiger partial charge in [0.05, 0.1) is 11.2 Å². The van der Waals surface area contributed by atoms with Gasteiger partial charge in [0.2, 0.25) is 5.91 Å². The first-order valence-corrected chi connectivity index (χ1v) is 12.0. The molecule has 0 spiro atoms. The number of carbonyl (C=O) groups excluding carboxylic acids is 2. The molecule has 4 aromatic rings. The lowest BCUT2D eigenvalue weighted by Crippen LogP contribution is -2.45. The van der Waals surface area contributed by atoms with E-state index in [4.69, 9.17) is 10.5 Å². The fraction of sp³-hybridized carbons (Fsp3) is 0.214. The van der Waals surface area contributed by atoms with Crippen molar-refractivity contribution in [3.8, 4) is 5.75 Å². The van der Waals surface area contributed by atoms with Crippen molar-refractivity contribution < 1.29 is 14.3 Å². The summed E-state index contributed by atoms with van der Waals surface area (Å²) >= 11 is 0. The van der Waals surface area contributed by atoms with E-state index in [-0.39, 0.29) is 5.91 Å². The minimum absolute atomic E-state index is 0.283. The maximum Gasteiger partial charge on any atom is 0.319 e. The van der Waals surface area contributed by atoms with Crippen molar-refractivity contribution in [2.24, 2.45) is 5.73 Å². The summed E-state index contributed by atoms with van der Waals surface area (Å²) in [6.45, 7) is 0.991. The molecule has 0 aliphatic carbocycles. The number of aromatic nitrogens is 1. The highest BCUT2D eigenvalue weighted by Gasteiger charge is 2.21. The third-order valence-corrected chi connectivity index (χ3v) is 5.77. The molecule has 0 bridgehead atoms. The summed E-state index contributed by atoms with van der Waals surface area (Å²) in [6, 6.07) is 23.4. The molecule has 4 rings (SSSR count). The number of fused-ring (bicyclic) bond motifs is 1. The van der Waals surface area contributed by atoms with Crippen LogP contribution in [0, 0.1) is 0 Å². The van der Waals surface area contributed by atoms with Crippen LogP contribution in [0.15, 0.2) is 85.1 Å². The Morgan fingerprint density at radius 3 is 2.47 bits per heavy atom. The van der Waals surface area contributed by atoms with Gasteiger partial charge >= 0.3 is 6.03 Å². The summed E-state index contributed by atoms with van der Waals surface area (Å²) in [7, 11) is 0. The number of para-hydroxylation sites is 1. The molecule has 0 aliphatic rings. The van der Waals surface area contributed by atoms with E-state index in [1.807, 2.05) is 60.8 Å². The molecule has 3 aromatic carbocycles. The quantitative estimate of drug-likeness (QED) is 0.192. The van der Waals surface area contributed by atoms with Crippen molar-refractivity contribution in [1.29, 1.82) is 0 Å². The highest BCUT2D eigenvalue weighted by molar-refractivity contribution is 6.04. The van der Waals surface area contributed by atoms with Gasteiger partial charge in [-0.25, -0.2) is 4.79 Å². The molecular weight excluding hydrogens is 454 g/mol. The monoisotopic (exact) mass is 485 g/mol. The van der Waals surface area contributed by atoms with E-state index in [0.29, 0.717) is 36.7 Å². The number of urea groups is 1. The lowest BCUT2D eigenvalue weighted by Gasteiger charge is -2.19. The van der Waals surface area contributed by atoms with Crippen LogP contribution in [-0.4, -0.2) is 29.5 Å². The van der Waals surface area contributed by atoms with Crippen LogP contribution in [-0.2, 0) is 11.4 Å². The second-order valence-corrected chi connectivity index (χ2v) is 8.47. The number of anilines is 2. The predicted octanol–water partition coefficient (Wildman–Crippen LogP) is 5.00. The Morgan fingerprint density at radius 2 is 1.69 bits per heavy atom. The molecule has 8 heteroatoms. The van der Waals surface area contributed by atoms with Crippen LogP contribution in [0.4, 0.5) is 16.2 Å². The van der Waals surface area contributed by atoms with E-state index < -0.39 is 12.1 Å². The second kappa shape index (κ2) is 12.4. The van der Waals surface area contributed by atoms with Crippen molar-refractivity contribution in [3.63, 3.8) is 0 Å². The Bertz CT molecular complexity index is 1270. The van der Waals surface area contributed by atoms with E-state index in [2.05, 4.69) is 20.9 Å².